The van der Waals surface area contributed by atoms with E-state index < -0.39 is 12.0 Å². The predicted octanol–water partition coefficient (Wildman–Crippen LogP) is 1.79. The number of carbonyl (C=O) groups is 3. The molecule has 0 radical (unpaired) electrons. The molecule has 2 N–H and O–H groups in total. The summed E-state index contributed by atoms with van der Waals surface area (Å²) >= 11 is 2.81. The largest absolute Gasteiger partial charge is 0.454 e. The number of thiophene rings is 2. The van der Waals surface area contributed by atoms with Gasteiger partial charge in [-0.1, -0.05) is 12.1 Å². The fourth-order valence-electron chi connectivity index (χ4n) is 1.65. The molecule has 8 heteroatoms. The van der Waals surface area contributed by atoms with Gasteiger partial charge in [0, 0.05) is 4.88 Å². The molecule has 1 atom stereocenters. The van der Waals surface area contributed by atoms with Crippen LogP contribution in [0.3, 0.4) is 0 Å². The minimum absolute atomic E-state index is 0.341. The van der Waals surface area contributed by atoms with Gasteiger partial charge in [0.25, 0.3) is 11.8 Å². The molecule has 0 saturated carbocycles. The van der Waals surface area contributed by atoms with Gasteiger partial charge in [-0.05, 0) is 29.8 Å². The maximum atomic E-state index is 11.8. The summed E-state index contributed by atoms with van der Waals surface area (Å²) < 4.78 is 4.89. The number of rotatable bonds is 7. The van der Waals surface area contributed by atoms with Crippen LogP contribution in [-0.2, 0) is 20.9 Å². The van der Waals surface area contributed by atoms with E-state index in [9.17, 15) is 14.4 Å². The molecule has 0 spiro atoms. The van der Waals surface area contributed by atoms with Crippen LogP contribution in [-0.4, -0.2) is 30.4 Å². The summed E-state index contributed by atoms with van der Waals surface area (Å²) in [4.78, 5) is 36.7. The molecule has 2 amide bonds. The second kappa shape index (κ2) is 8.44. The number of esters is 1. The van der Waals surface area contributed by atoms with Gasteiger partial charge in [-0.25, -0.2) is 4.79 Å². The van der Waals surface area contributed by atoms with Crippen molar-refractivity contribution in [3.63, 3.8) is 0 Å². The van der Waals surface area contributed by atoms with E-state index in [2.05, 4.69) is 10.6 Å². The Balaban J connectivity index is 1.69. The number of hydrogen-bond acceptors (Lipinski definition) is 6. The van der Waals surface area contributed by atoms with Crippen molar-refractivity contribution in [1.29, 1.82) is 0 Å². The number of ether oxygens (including phenoxy) is 1. The SMILES string of the molecule is CC(NC(=O)c1cccs1)C(=O)OCC(=O)NCc1cccs1. The Morgan fingerprint density at radius 1 is 1.17 bits per heavy atom. The third-order valence-corrected chi connectivity index (χ3v) is 4.58. The summed E-state index contributed by atoms with van der Waals surface area (Å²) in [5.74, 6) is -1.38. The smallest absolute Gasteiger partial charge is 0.328 e. The van der Waals surface area contributed by atoms with Crippen LogP contribution in [0.1, 0.15) is 21.5 Å². The number of nitrogens with one attached hydrogen (secondary N) is 2. The molecule has 0 saturated heterocycles. The first-order valence-corrected chi connectivity index (χ1v) is 8.62. The van der Waals surface area contributed by atoms with Crippen LogP contribution in [0.2, 0.25) is 0 Å². The van der Waals surface area contributed by atoms with E-state index in [1.807, 2.05) is 17.5 Å². The molecule has 0 bridgehead atoms. The van der Waals surface area contributed by atoms with Crippen LogP contribution in [0.4, 0.5) is 0 Å². The molecule has 122 valence electrons. The van der Waals surface area contributed by atoms with Crippen LogP contribution in [0, 0.1) is 0 Å². The second-order valence-corrected chi connectivity index (χ2v) is 6.62. The minimum Gasteiger partial charge on any atom is -0.454 e. The Morgan fingerprint density at radius 3 is 2.57 bits per heavy atom. The summed E-state index contributed by atoms with van der Waals surface area (Å²) in [6, 6.07) is 6.38. The van der Waals surface area contributed by atoms with Gasteiger partial charge in [0.2, 0.25) is 0 Å². The van der Waals surface area contributed by atoms with Gasteiger partial charge in [-0.3, -0.25) is 9.59 Å². The fraction of sp³-hybridized carbons (Fsp3) is 0.267. The van der Waals surface area contributed by atoms with Crippen molar-refractivity contribution in [2.45, 2.75) is 19.5 Å². The summed E-state index contributed by atoms with van der Waals surface area (Å²) in [5.41, 5.74) is 0. The lowest BCUT2D eigenvalue weighted by Gasteiger charge is -2.12. The van der Waals surface area contributed by atoms with Crippen molar-refractivity contribution in [2.75, 3.05) is 6.61 Å². The van der Waals surface area contributed by atoms with Crippen molar-refractivity contribution in [2.24, 2.45) is 0 Å². The fourth-order valence-corrected chi connectivity index (χ4v) is 2.92. The molecule has 2 rings (SSSR count). The molecule has 0 aliphatic heterocycles. The lowest BCUT2D eigenvalue weighted by atomic mass is 10.3. The van der Waals surface area contributed by atoms with E-state index in [0.29, 0.717) is 11.4 Å². The third-order valence-electron chi connectivity index (χ3n) is 2.83. The summed E-state index contributed by atoms with van der Waals surface area (Å²) in [6.07, 6.45) is 0. The van der Waals surface area contributed by atoms with E-state index in [1.165, 1.54) is 29.6 Å². The number of carbonyl (C=O) groups excluding carboxylic acids is 3. The monoisotopic (exact) mass is 352 g/mol. The first-order chi connectivity index (χ1) is 11.1. The zero-order chi connectivity index (χ0) is 16.7. The Morgan fingerprint density at radius 2 is 1.91 bits per heavy atom. The minimum atomic E-state index is -0.824. The molecule has 0 aliphatic rings. The van der Waals surface area contributed by atoms with Crippen molar-refractivity contribution in [3.8, 4) is 0 Å². The van der Waals surface area contributed by atoms with Gasteiger partial charge in [0.1, 0.15) is 6.04 Å². The number of hydrogen-bond donors (Lipinski definition) is 2. The molecule has 2 heterocycles. The number of amides is 2. The molecular formula is C15H16N2O4S2. The first-order valence-electron chi connectivity index (χ1n) is 6.86. The van der Waals surface area contributed by atoms with Crippen molar-refractivity contribution >= 4 is 40.5 Å². The highest BCUT2D eigenvalue weighted by Gasteiger charge is 2.19. The topological polar surface area (TPSA) is 84.5 Å². The second-order valence-electron chi connectivity index (χ2n) is 4.64. The van der Waals surface area contributed by atoms with Crippen LogP contribution < -0.4 is 10.6 Å². The quantitative estimate of drug-likeness (QED) is 0.744. The molecule has 23 heavy (non-hydrogen) atoms. The highest BCUT2D eigenvalue weighted by molar-refractivity contribution is 7.12. The van der Waals surface area contributed by atoms with E-state index >= 15 is 0 Å². The van der Waals surface area contributed by atoms with E-state index in [4.69, 9.17) is 4.74 Å². The Hall–Kier alpha value is -2.19. The molecular weight excluding hydrogens is 336 g/mol. The van der Waals surface area contributed by atoms with E-state index in [1.54, 1.807) is 17.5 Å². The highest BCUT2D eigenvalue weighted by atomic mass is 32.1. The lowest BCUT2D eigenvalue weighted by molar-refractivity contribution is -0.150. The zero-order valence-electron chi connectivity index (χ0n) is 12.4. The molecule has 0 aromatic carbocycles. The van der Waals surface area contributed by atoms with Crippen LogP contribution >= 0.6 is 22.7 Å². The predicted molar refractivity (Wildman–Crippen MR) is 88.4 cm³/mol. The maximum absolute atomic E-state index is 11.8. The van der Waals surface area contributed by atoms with Gasteiger partial charge in [0.05, 0.1) is 11.4 Å². The van der Waals surface area contributed by atoms with Crippen LogP contribution in [0.5, 0.6) is 0 Å². The van der Waals surface area contributed by atoms with Gasteiger partial charge in [0.15, 0.2) is 6.61 Å². The summed E-state index contributed by atoms with van der Waals surface area (Å²) in [6.45, 7) is 1.54. The van der Waals surface area contributed by atoms with Gasteiger partial charge < -0.3 is 15.4 Å². The van der Waals surface area contributed by atoms with Crippen LogP contribution in [0.25, 0.3) is 0 Å². The molecule has 2 aromatic heterocycles. The zero-order valence-corrected chi connectivity index (χ0v) is 14.0. The lowest BCUT2D eigenvalue weighted by Crippen LogP contribution is -2.40. The molecule has 0 aliphatic carbocycles. The Labute approximate surface area is 141 Å². The normalized spacial score (nSPS) is 11.5. The molecule has 0 fully saturated rings. The van der Waals surface area contributed by atoms with E-state index in [-0.39, 0.29) is 18.4 Å². The van der Waals surface area contributed by atoms with Gasteiger partial charge in [-0.15, -0.1) is 22.7 Å². The Bertz CT molecular complexity index is 653. The van der Waals surface area contributed by atoms with Crippen molar-refractivity contribution < 1.29 is 19.1 Å². The standard InChI is InChI=1S/C15H16N2O4S2/c1-10(17-14(19)12-5-3-7-23-12)15(20)21-9-13(18)16-8-11-4-2-6-22-11/h2-7,10H,8-9H2,1H3,(H,16,18)(H,17,19). The molecule has 1 unspecified atom stereocenters. The maximum Gasteiger partial charge on any atom is 0.328 e. The van der Waals surface area contributed by atoms with Gasteiger partial charge >= 0.3 is 5.97 Å². The highest BCUT2D eigenvalue weighted by Crippen LogP contribution is 2.08. The van der Waals surface area contributed by atoms with Crippen LogP contribution in [0.15, 0.2) is 35.0 Å². The third kappa shape index (κ3) is 5.50. The first kappa shape index (κ1) is 17.2. The van der Waals surface area contributed by atoms with Gasteiger partial charge in [-0.2, -0.15) is 0 Å². The van der Waals surface area contributed by atoms with Crippen molar-refractivity contribution in [3.05, 3.63) is 44.8 Å². The van der Waals surface area contributed by atoms with E-state index in [0.717, 1.165) is 4.88 Å². The average Bonchev–Trinajstić information content (AvgIpc) is 3.22. The average molecular weight is 352 g/mol. The summed E-state index contributed by atoms with van der Waals surface area (Å²) in [5, 5.41) is 8.87. The molecule has 2 aromatic rings. The Kier molecular flexibility index (Phi) is 6.30. The molecule has 6 nitrogen and oxygen atoms in total. The summed E-state index contributed by atoms with van der Waals surface area (Å²) in [7, 11) is 0. The van der Waals surface area contributed by atoms with Crippen molar-refractivity contribution in [1.82, 2.24) is 10.6 Å².